The normalized spacial score (nSPS) is 26.7. The zero-order valence-corrected chi connectivity index (χ0v) is 36.8. The standard InChI is InChI=1S/C49H57N3O13/c1-4-36-32-12-16-50-35(32)23-52(36)41-43-28(18-34-38(56)17-26(2)63-44(34)41)19-40(47(3,64-43)15-11-29-22-51-46(60)48(29)13-5-6-14-48)65-62-25-49(61,45(59)42(58)39(57)24-53)21-27-7-10-37(55)31-9-8-30(54)20-33(27)31/h7-10,12,16-18,20,23,29,36,39-40,42,45,53-55,57-59,61H,4-6,11,13-15,19,21-22,24-25H2,1-3H3,(H,51,60)/p+1/t29-,36?,39+,40+,42+,45-,47+,49-/m0/s1. The highest BCUT2D eigenvalue weighted by Crippen LogP contribution is 2.51. The van der Waals surface area contributed by atoms with Gasteiger partial charge in [0.05, 0.1) is 17.4 Å². The van der Waals surface area contributed by atoms with Gasteiger partial charge in [-0.2, -0.15) is 0 Å². The lowest BCUT2D eigenvalue weighted by molar-refractivity contribution is -0.793. The number of carbonyl (C=O) groups is 1. The molecular weight excluding hydrogens is 839 g/mol. The van der Waals surface area contributed by atoms with Crippen molar-refractivity contribution >= 4 is 39.6 Å². The first-order valence-electron chi connectivity index (χ1n) is 22.6. The van der Waals surface area contributed by atoms with Crippen molar-refractivity contribution in [1.82, 2.24) is 5.32 Å². The molecule has 1 spiro atoms. The molecule has 16 heteroatoms. The summed E-state index contributed by atoms with van der Waals surface area (Å²) in [5.41, 5.74) is -0.331. The number of nitrogens with zero attached hydrogens (tertiary/aromatic N) is 1. The molecule has 9 N–H and O–H groups in total. The van der Waals surface area contributed by atoms with E-state index in [2.05, 4.69) is 17.2 Å². The van der Waals surface area contributed by atoms with Crippen LogP contribution in [0.15, 0.2) is 80.2 Å². The van der Waals surface area contributed by atoms with Gasteiger partial charge in [-0.15, -0.1) is 0 Å². The number of amides is 1. The van der Waals surface area contributed by atoms with Gasteiger partial charge in [-0.25, -0.2) is 9.78 Å². The fourth-order valence-corrected chi connectivity index (χ4v) is 11.1. The average Bonchev–Trinajstić information content (AvgIpc) is 4.09. The molecule has 1 saturated carbocycles. The van der Waals surface area contributed by atoms with Crippen molar-refractivity contribution in [2.75, 3.05) is 19.8 Å². The van der Waals surface area contributed by atoms with Crippen LogP contribution in [0, 0.1) is 18.3 Å². The topological polar surface area (TPSA) is 245 Å². The highest BCUT2D eigenvalue weighted by molar-refractivity contribution is 5.92. The van der Waals surface area contributed by atoms with Crippen molar-refractivity contribution in [3.8, 4) is 17.2 Å². The van der Waals surface area contributed by atoms with E-state index in [1.54, 1.807) is 19.2 Å². The number of benzene rings is 3. The third kappa shape index (κ3) is 7.82. The maximum absolute atomic E-state index is 13.8. The van der Waals surface area contributed by atoms with Gasteiger partial charge in [0.25, 0.3) is 0 Å². The van der Waals surface area contributed by atoms with E-state index in [4.69, 9.17) is 18.9 Å². The number of phenolic OH excluding ortho intramolecular Hbond substituents is 2. The van der Waals surface area contributed by atoms with Gasteiger partial charge in [-0.1, -0.05) is 25.8 Å². The molecule has 0 bridgehead atoms. The molecule has 5 heterocycles. The van der Waals surface area contributed by atoms with Crippen LogP contribution in [-0.2, 0) is 27.4 Å². The second-order valence-electron chi connectivity index (χ2n) is 18.9. The Balaban J connectivity index is 1.10. The van der Waals surface area contributed by atoms with Crippen molar-refractivity contribution in [3.63, 3.8) is 0 Å². The molecule has 65 heavy (non-hydrogen) atoms. The number of ether oxygens (including phenoxy) is 1. The molecule has 1 amide bonds. The maximum Gasteiger partial charge on any atom is 0.226 e. The third-order valence-electron chi connectivity index (χ3n) is 14.8. The Morgan fingerprint density at radius 1 is 1.05 bits per heavy atom. The number of aryl methyl sites for hydroxylation is 1. The number of aliphatic hydroxyl groups is 5. The van der Waals surface area contributed by atoms with Crippen molar-refractivity contribution in [3.05, 3.63) is 93.1 Å². The lowest BCUT2D eigenvalue weighted by Gasteiger charge is -2.43. The van der Waals surface area contributed by atoms with E-state index < -0.39 is 60.7 Å². The SMILES string of the molecule is CCC1C2=CC=NC2=C[NH+]1c1c2c(cc3c(=O)cc(C)oc13)C[C@@H](OOC[C@@](O)(Cc1ccc(O)c3ccc(O)cc13)[C@@H](O)[C@H](O)[C@H](O)CO)[C@@](C)(CC[C@H]1CNC(=O)C13CCCC3)O2. The molecule has 1 saturated heterocycles. The Morgan fingerprint density at radius 2 is 1.83 bits per heavy atom. The Hall–Kier alpha value is -5.17. The second-order valence-corrected chi connectivity index (χ2v) is 18.9. The maximum atomic E-state index is 13.8. The van der Waals surface area contributed by atoms with E-state index in [-0.39, 0.29) is 41.2 Å². The minimum atomic E-state index is -2.41. The lowest BCUT2D eigenvalue weighted by Crippen LogP contribution is -3.05. The predicted octanol–water partition coefficient (Wildman–Crippen LogP) is 2.97. The van der Waals surface area contributed by atoms with Gasteiger partial charge in [0.1, 0.15) is 77.4 Å². The molecule has 16 nitrogen and oxygen atoms in total. The Morgan fingerprint density at radius 3 is 2.58 bits per heavy atom. The summed E-state index contributed by atoms with van der Waals surface area (Å²) in [6.45, 7) is 4.57. The first kappa shape index (κ1) is 45.0. The number of nitrogens with one attached hydrogen (secondary N) is 2. The monoisotopic (exact) mass is 896 g/mol. The smallest absolute Gasteiger partial charge is 0.226 e. The first-order chi connectivity index (χ1) is 31.1. The highest BCUT2D eigenvalue weighted by Gasteiger charge is 2.54. The van der Waals surface area contributed by atoms with Crippen LogP contribution >= 0.6 is 0 Å². The van der Waals surface area contributed by atoms with Crippen LogP contribution in [0.25, 0.3) is 21.7 Å². The average molecular weight is 897 g/mol. The molecule has 0 radical (unpaired) electrons. The van der Waals surface area contributed by atoms with E-state index in [1.165, 1.54) is 36.4 Å². The number of phenols is 2. The summed E-state index contributed by atoms with van der Waals surface area (Å²) in [6.07, 6.45) is 3.93. The minimum absolute atomic E-state index is 0.0273. The van der Waals surface area contributed by atoms with E-state index in [0.717, 1.165) is 48.3 Å². The van der Waals surface area contributed by atoms with Crippen LogP contribution in [0.2, 0.25) is 0 Å². The first-order valence-corrected chi connectivity index (χ1v) is 22.6. The van der Waals surface area contributed by atoms with E-state index in [0.29, 0.717) is 69.5 Å². The summed E-state index contributed by atoms with van der Waals surface area (Å²) in [5, 5.41) is 80.0. The lowest BCUT2D eigenvalue weighted by atomic mass is 9.72. The Bertz CT molecular complexity index is 2670. The molecule has 9 atom stereocenters. The molecule has 4 aromatic rings. The number of fused-ring (bicyclic) bond motifs is 4. The molecular formula is C49H58N3O13+. The molecule has 2 unspecified atom stereocenters. The molecule has 9 rings (SSSR count). The number of aromatic hydroxyl groups is 2. The van der Waals surface area contributed by atoms with Crippen LogP contribution in [0.5, 0.6) is 17.2 Å². The summed E-state index contributed by atoms with van der Waals surface area (Å²) in [6, 6.07) is 10.3. The molecule has 1 aromatic heterocycles. The number of carbonyl (C=O) groups excluding carboxylic acids is 1. The van der Waals surface area contributed by atoms with Crippen LogP contribution < -0.4 is 20.4 Å². The van der Waals surface area contributed by atoms with Gasteiger partial charge >= 0.3 is 0 Å². The van der Waals surface area contributed by atoms with Crippen molar-refractivity contribution in [2.24, 2.45) is 16.3 Å². The van der Waals surface area contributed by atoms with E-state index in [1.807, 2.05) is 19.2 Å². The van der Waals surface area contributed by atoms with Crippen LogP contribution in [0.1, 0.15) is 75.7 Å². The number of quaternary nitrogens is 1. The highest BCUT2D eigenvalue weighted by atomic mass is 17.2. The molecule has 1 aliphatic carbocycles. The molecule has 3 aromatic carbocycles. The largest absolute Gasteiger partial charge is 0.508 e. The number of hydrogen-bond acceptors (Lipinski definition) is 14. The molecule has 5 aliphatic rings. The van der Waals surface area contributed by atoms with Gasteiger partial charge in [-0.3, -0.25) is 19.5 Å². The predicted molar refractivity (Wildman–Crippen MR) is 238 cm³/mol. The molecule has 4 aliphatic heterocycles. The molecule has 346 valence electrons. The van der Waals surface area contributed by atoms with Gasteiger partial charge in [-0.05, 0) is 92.8 Å². The number of rotatable bonds is 15. The van der Waals surface area contributed by atoms with Crippen LogP contribution in [0.4, 0.5) is 5.69 Å². The van der Waals surface area contributed by atoms with E-state index >= 15 is 0 Å². The van der Waals surface area contributed by atoms with Gasteiger partial charge in [0.15, 0.2) is 11.2 Å². The minimum Gasteiger partial charge on any atom is -0.508 e. The van der Waals surface area contributed by atoms with Gasteiger partial charge in [0.2, 0.25) is 17.2 Å². The van der Waals surface area contributed by atoms with Crippen molar-refractivity contribution in [2.45, 2.75) is 120 Å². The van der Waals surface area contributed by atoms with Crippen molar-refractivity contribution in [1.29, 1.82) is 0 Å². The van der Waals surface area contributed by atoms with Crippen LogP contribution in [0.3, 0.4) is 0 Å². The fourth-order valence-electron chi connectivity index (χ4n) is 11.1. The van der Waals surface area contributed by atoms with Gasteiger partial charge < -0.3 is 50.2 Å². The van der Waals surface area contributed by atoms with Crippen molar-refractivity contribution < 1.29 is 64.4 Å². The molecule has 2 fully saturated rings. The Kier molecular flexibility index (Phi) is 11.9. The number of aliphatic hydroxyl groups excluding tert-OH is 4. The zero-order valence-electron chi connectivity index (χ0n) is 36.8. The quantitative estimate of drug-likeness (QED) is 0.0617. The summed E-state index contributed by atoms with van der Waals surface area (Å²) in [4.78, 5) is 44.9. The number of aliphatic imine (C=N–C) groups is 1. The van der Waals surface area contributed by atoms with Gasteiger partial charge in [0, 0.05) is 54.6 Å². The third-order valence-corrected chi connectivity index (χ3v) is 14.8. The summed E-state index contributed by atoms with van der Waals surface area (Å²) >= 11 is 0. The summed E-state index contributed by atoms with van der Waals surface area (Å²) < 4.78 is 13.7. The summed E-state index contributed by atoms with van der Waals surface area (Å²) in [5.74, 6) is 0.855. The Labute approximate surface area is 375 Å². The number of hydrogen-bond donors (Lipinski definition) is 9. The fraction of sp³-hybridized carbons (Fsp3) is 0.490. The van der Waals surface area contributed by atoms with E-state index in [9.17, 15) is 45.3 Å². The second kappa shape index (κ2) is 17.2. The zero-order chi connectivity index (χ0) is 46.0. The van der Waals surface area contributed by atoms with Crippen LogP contribution in [-0.4, -0.2) is 109 Å². The summed E-state index contributed by atoms with van der Waals surface area (Å²) in [7, 11) is 0. The number of allylic oxidation sites excluding steroid dienone is 1.